The molecule has 3 rings (SSSR count). The highest BCUT2D eigenvalue weighted by atomic mass is 32.2. The molecule has 0 spiro atoms. The Morgan fingerprint density at radius 2 is 1.90 bits per heavy atom. The Labute approximate surface area is 176 Å². The van der Waals surface area contributed by atoms with Crippen LogP contribution in [0.1, 0.15) is 29.3 Å². The summed E-state index contributed by atoms with van der Waals surface area (Å²) in [6.45, 7) is 1.90. The lowest BCUT2D eigenvalue weighted by molar-refractivity contribution is -0.115. The predicted molar refractivity (Wildman–Crippen MR) is 111 cm³/mol. The van der Waals surface area contributed by atoms with E-state index in [1.54, 1.807) is 37.5 Å². The van der Waals surface area contributed by atoms with Crippen molar-refractivity contribution in [3.63, 3.8) is 0 Å². The summed E-state index contributed by atoms with van der Waals surface area (Å²) >= 11 is 0.712. The van der Waals surface area contributed by atoms with Crippen LogP contribution >= 0.6 is 11.3 Å². The molecule has 0 unspecified atom stereocenters. The van der Waals surface area contributed by atoms with Crippen molar-refractivity contribution in [3.05, 3.63) is 59.9 Å². The summed E-state index contributed by atoms with van der Waals surface area (Å²) in [5, 5.41) is 12.5. The van der Waals surface area contributed by atoms with Crippen molar-refractivity contribution in [2.24, 2.45) is 0 Å². The first kappa shape index (κ1) is 21.3. The number of hydrogen-bond acceptors (Lipinski definition) is 8. The molecule has 0 radical (unpaired) electrons. The van der Waals surface area contributed by atoms with Gasteiger partial charge in [0.2, 0.25) is 11.0 Å². The molecule has 30 heavy (non-hydrogen) atoms. The van der Waals surface area contributed by atoms with E-state index in [-0.39, 0.29) is 39.6 Å². The minimum absolute atomic E-state index is 0.0738. The number of hydrogen-bond donors (Lipinski definition) is 3. The first-order valence-corrected chi connectivity index (χ1v) is 11.1. The molecule has 3 aromatic rings. The number of nitrogens with one attached hydrogen (secondary N) is 3. The van der Waals surface area contributed by atoms with Gasteiger partial charge in [0.05, 0.1) is 11.3 Å². The summed E-state index contributed by atoms with van der Waals surface area (Å²) in [6.07, 6.45) is 3.47. The van der Waals surface area contributed by atoms with E-state index in [4.69, 9.17) is 0 Å². The summed E-state index contributed by atoms with van der Waals surface area (Å²) in [5.74, 6) is -0.760. The summed E-state index contributed by atoms with van der Waals surface area (Å²) in [5.41, 5.74) is 1.05. The summed E-state index contributed by atoms with van der Waals surface area (Å²) in [4.78, 5) is 28.0. The van der Waals surface area contributed by atoms with Crippen molar-refractivity contribution in [2.45, 2.75) is 24.2 Å². The van der Waals surface area contributed by atoms with E-state index in [1.165, 1.54) is 12.1 Å². The second-order valence-corrected chi connectivity index (χ2v) is 8.80. The van der Waals surface area contributed by atoms with Crippen molar-refractivity contribution in [1.29, 1.82) is 0 Å². The smallest absolute Gasteiger partial charge is 0.291 e. The van der Waals surface area contributed by atoms with Crippen LogP contribution in [-0.4, -0.2) is 35.4 Å². The standard InChI is InChI=1S/C18H18N6O4S2/c1-2-15(25)21-17-22-23-18(29-17)30(27,28)24-14-8-4-3-7-13(14)16(26)20-11-12-6-5-9-19-10-12/h3-10,24H,2,11H2,1H3,(H,20,26)(H,21,22,25). The largest absolute Gasteiger partial charge is 0.348 e. The van der Waals surface area contributed by atoms with Gasteiger partial charge in [-0.1, -0.05) is 36.5 Å². The molecule has 156 valence electrons. The van der Waals surface area contributed by atoms with E-state index in [9.17, 15) is 18.0 Å². The first-order chi connectivity index (χ1) is 14.4. The Bertz CT molecular complexity index is 1150. The van der Waals surface area contributed by atoms with E-state index in [1.807, 2.05) is 6.07 Å². The first-order valence-electron chi connectivity index (χ1n) is 8.81. The highest BCUT2D eigenvalue weighted by molar-refractivity contribution is 7.94. The molecule has 12 heteroatoms. The summed E-state index contributed by atoms with van der Waals surface area (Å²) < 4.78 is 27.4. The molecule has 0 aliphatic carbocycles. The molecule has 2 heterocycles. The summed E-state index contributed by atoms with van der Waals surface area (Å²) in [7, 11) is -4.10. The van der Waals surface area contributed by atoms with Crippen LogP contribution in [0.2, 0.25) is 0 Å². The molecule has 3 N–H and O–H groups in total. The molecule has 0 saturated heterocycles. The maximum atomic E-state index is 12.7. The number of benzene rings is 1. The fourth-order valence-electron chi connectivity index (χ4n) is 2.32. The Kier molecular flexibility index (Phi) is 6.69. The Balaban J connectivity index is 1.75. The molecular formula is C18H18N6O4S2. The normalized spacial score (nSPS) is 11.0. The molecule has 0 aliphatic rings. The lowest BCUT2D eigenvalue weighted by Crippen LogP contribution is -2.25. The number of sulfonamides is 1. The number of para-hydroxylation sites is 1. The quantitative estimate of drug-likeness (QED) is 0.449. The van der Waals surface area contributed by atoms with Crippen LogP contribution in [0.15, 0.2) is 53.1 Å². The number of amides is 2. The fraction of sp³-hybridized carbons (Fsp3) is 0.167. The number of nitrogens with zero attached hydrogens (tertiary/aromatic N) is 3. The number of anilines is 2. The molecule has 2 aromatic heterocycles. The van der Waals surface area contributed by atoms with Crippen molar-refractivity contribution in [2.75, 3.05) is 10.0 Å². The van der Waals surface area contributed by atoms with Crippen molar-refractivity contribution < 1.29 is 18.0 Å². The number of carbonyl (C=O) groups excluding carboxylic acids is 2. The molecule has 10 nitrogen and oxygen atoms in total. The highest BCUT2D eigenvalue weighted by Gasteiger charge is 2.23. The second kappa shape index (κ2) is 9.41. The number of carbonyl (C=O) groups is 2. The monoisotopic (exact) mass is 446 g/mol. The molecule has 0 fully saturated rings. The third-order valence-electron chi connectivity index (χ3n) is 3.80. The van der Waals surface area contributed by atoms with Crippen LogP contribution < -0.4 is 15.4 Å². The van der Waals surface area contributed by atoms with Crippen LogP contribution in [0.4, 0.5) is 10.8 Å². The number of aromatic nitrogens is 3. The Hall–Kier alpha value is -3.38. The van der Waals surface area contributed by atoms with E-state index >= 15 is 0 Å². The zero-order valence-corrected chi connectivity index (χ0v) is 17.5. The lowest BCUT2D eigenvalue weighted by atomic mass is 10.1. The second-order valence-electron chi connectivity index (χ2n) is 5.97. The van der Waals surface area contributed by atoms with Crippen molar-refractivity contribution >= 4 is 44.0 Å². The Morgan fingerprint density at radius 1 is 1.10 bits per heavy atom. The fourth-order valence-corrected chi connectivity index (χ4v) is 4.31. The zero-order valence-electron chi connectivity index (χ0n) is 15.8. The third-order valence-corrected chi connectivity index (χ3v) is 6.37. The molecule has 0 bridgehead atoms. The third kappa shape index (κ3) is 5.36. The van der Waals surface area contributed by atoms with Gasteiger partial charge in [-0.25, -0.2) is 0 Å². The van der Waals surface area contributed by atoms with Crippen LogP contribution in [0.25, 0.3) is 0 Å². The SMILES string of the molecule is CCC(=O)Nc1nnc(S(=O)(=O)Nc2ccccc2C(=O)NCc2cccnc2)s1. The topological polar surface area (TPSA) is 143 Å². The van der Waals surface area contributed by atoms with Crippen molar-refractivity contribution in [1.82, 2.24) is 20.5 Å². The molecule has 1 aromatic carbocycles. The molecule has 2 amide bonds. The minimum Gasteiger partial charge on any atom is -0.348 e. The van der Waals surface area contributed by atoms with Gasteiger partial charge in [0.1, 0.15) is 0 Å². The molecule has 0 aliphatic heterocycles. The summed E-state index contributed by atoms with van der Waals surface area (Å²) in [6, 6.07) is 9.76. The van der Waals surface area contributed by atoms with Gasteiger partial charge >= 0.3 is 0 Å². The van der Waals surface area contributed by atoms with E-state index in [0.717, 1.165) is 5.56 Å². The Morgan fingerprint density at radius 3 is 2.63 bits per heavy atom. The maximum absolute atomic E-state index is 12.7. The van der Waals surface area contributed by atoms with Gasteiger partial charge in [0.25, 0.3) is 20.3 Å². The predicted octanol–water partition coefficient (Wildman–Crippen LogP) is 2.01. The lowest BCUT2D eigenvalue weighted by Gasteiger charge is -2.11. The average molecular weight is 447 g/mol. The van der Waals surface area contributed by atoms with Crippen LogP contribution in [0, 0.1) is 0 Å². The highest BCUT2D eigenvalue weighted by Crippen LogP contribution is 2.24. The van der Waals surface area contributed by atoms with Gasteiger partial charge in [-0.3, -0.25) is 19.3 Å². The van der Waals surface area contributed by atoms with Gasteiger partial charge < -0.3 is 10.6 Å². The van der Waals surface area contributed by atoms with Gasteiger partial charge in [-0.15, -0.1) is 10.2 Å². The van der Waals surface area contributed by atoms with Crippen molar-refractivity contribution in [3.8, 4) is 0 Å². The van der Waals surface area contributed by atoms with Crippen LogP contribution in [-0.2, 0) is 21.4 Å². The zero-order chi connectivity index (χ0) is 21.6. The minimum atomic E-state index is -4.10. The molecular weight excluding hydrogens is 428 g/mol. The van der Waals surface area contributed by atoms with Gasteiger partial charge in [-0.05, 0) is 23.8 Å². The van der Waals surface area contributed by atoms with Crippen LogP contribution in [0.5, 0.6) is 0 Å². The molecule has 0 saturated carbocycles. The van der Waals surface area contributed by atoms with Crippen LogP contribution in [0.3, 0.4) is 0 Å². The van der Waals surface area contributed by atoms with Gasteiger partial charge in [0, 0.05) is 25.4 Å². The maximum Gasteiger partial charge on any atom is 0.291 e. The number of pyridine rings is 1. The van der Waals surface area contributed by atoms with Gasteiger partial charge in [-0.2, -0.15) is 8.42 Å². The van der Waals surface area contributed by atoms with E-state index in [2.05, 4.69) is 30.5 Å². The number of rotatable bonds is 8. The van der Waals surface area contributed by atoms with Gasteiger partial charge in [0.15, 0.2) is 0 Å². The van der Waals surface area contributed by atoms with E-state index in [0.29, 0.717) is 11.3 Å². The average Bonchev–Trinajstić information content (AvgIpc) is 3.22. The van der Waals surface area contributed by atoms with E-state index < -0.39 is 15.9 Å². The molecule has 0 atom stereocenters.